The number of amides is 4. The zero-order valence-corrected chi connectivity index (χ0v) is 32.7. The van der Waals surface area contributed by atoms with Gasteiger partial charge in [-0.25, -0.2) is 0 Å². The Kier molecular flexibility index (Phi) is 10.7. The van der Waals surface area contributed by atoms with E-state index in [1.54, 1.807) is 15.7 Å². The number of likely N-dealkylation sites (tertiary alicyclic amines) is 2. The number of piperidine rings is 3. The van der Waals surface area contributed by atoms with Crippen LogP contribution in [0.25, 0.3) is 5.65 Å². The van der Waals surface area contributed by atoms with Crippen LogP contribution in [-0.4, -0.2) is 96.9 Å². The average molecular weight is 773 g/mol. The van der Waals surface area contributed by atoms with Gasteiger partial charge in [-0.1, -0.05) is 30.7 Å². The fraction of sp³-hybridized carbons (Fsp3) is 0.523. The summed E-state index contributed by atoms with van der Waals surface area (Å²) in [6, 6.07) is 14.0. The Morgan fingerprint density at radius 3 is 2.33 bits per heavy atom. The number of aromatic nitrogens is 4. The van der Waals surface area contributed by atoms with E-state index < -0.39 is 6.04 Å². The largest absolute Gasteiger partial charge is 0.437 e. The van der Waals surface area contributed by atoms with Gasteiger partial charge in [0.15, 0.2) is 5.65 Å². The lowest BCUT2D eigenvalue weighted by atomic mass is 9.87. The highest BCUT2D eigenvalue weighted by Crippen LogP contribution is 2.36. The zero-order chi connectivity index (χ0) is 38.9. The molecule has 6 heterocycles. The van der Waals surface area contributed by atoms with E-state index in [0.717, 1.165) is 120 Å². The lowest BCUT2D eigenvalue weighted by molar-refractivity contribution is -0.137. The van der Waals surface area contributed by atoms with Gasteiger partial charge in [-0.2, -0.15) is 4.52 Å². The second-order valence-electron chi connectivity index (χ2n) is 16.6. The van der Waals surface area contributed by atoms with Gasteiger partial charge in [0.25, 0.3) is 5.91 Å². The van der Waals surface area contributed by atoms with Crippen LogP contribution in [0.3, 0.4) is 0 Å². The molecule has 13 nitrogen and oxygen atoms in total. The Morgan fingerprint density at radius 1 is 0.807 bits per heavy atom. The number of nitrogens with one attached hydrogen (secondary N) is 1. The number of benzene rings is 2. The number of aryl methyl sites for hydroxylation is 1. The molecule has 3 fully saturated rings. The van der Waals surface area contributed by atoms with Crippen LogP contribution in [0.1, 0.15) is 127 Å². The SMILES string of the molecule is O=C1CCC(N2Cc3cc(C4CCN(C(=O)CCCCCN5CCC(c6ccc(Oc7nn8cnnc8c8c7CCCC8)cc6)CC5)CC4)ccc3C2=O)C(=O)N1. The molecule has 0 saturated carbocycles. The molecule has 0 radical (unpaired) electrons. The normalized spacial score (nSPS) is 20.8. The van der Waals surface area contributed by atoms with Gasteiger partial charge in [-0.3, -0.25) is 24.5 Å². The Bertz CT molecular complexity index is 2150. The Hall–Kier alpha value is -5.17. The first-order chi connectivity index (χ1) is 27.9. The van der Waals surface area contributed by atoms with Crippen molar-refractivity contribution in [2.75, 3.05) is 32.7 Å². The molecule has 1 unspecified atom stereocenters. The molecular weight excluding hydrogens is 721 g/mol. The number of fused-ring (bicyclic) bond motifs is 4. The summed E-state index contributed by atoms with van der Waals surface area (Å²) in [5, 5.41) is 15.4. The number of hydrogen-bond donors (Lipinski definition) is 1. The molecule has 13 heteroatoms. The quantitative estimate of drug-likeness (QED) is 0.150. The van der Waals surface area contributed by atoms with Crippen molar-refractivity contribution in [3.63, 3.8) is 0 Å². The maximum Gasteiger partial charge on any atom is 0.255 e. The third kappa shape index (κ3) is 7.90. The third-order valence-corrected chi connectivity index (χ3v) is 13.1. The maximum absolute atomic E-state index is 13.1. The Morgan fingerprint density at radius 2 is 1.54 bits per heavy atom. The van der Waals surface area contributed by atoms with Gasteiger partial charge in [0.1, 0.15) is 18.1 Å². The van der Waals surface area contributed by atoms with Crippen molar-refractivity contribution in [1.82, 2.24) is 39.8 Å². The van der Waals surface area contributed by atoms with Crippen molar-refractivity contribution in [1.29, 1.82) is 0 Å². The minimum Gasteiger partial charge on any atom is -0.437 e. The second kappa shape index (κ2) is 16.4. The molecule has 1 N–H and O–H groups in total. The van der Waals surface area contributed by atoms with Crippen molar-refractivity contribution in [3.8, 4) is 11.6 Å². The number of carbonyl (C=O) groups excluding carboxylic acids is 4. The highest BCUT2D eigenvalue weighted by molar-refractivity contribution is 6.05. The fourth-order valence-electron chi connectivity index (χ4n) is 9.80. The van der Waals surface area contributed by atoms with Gasteiger partial charge in [0.05, 0.1) is 0 Å². The molecular formula is C44H52N8O5. The standard InChI is InChI=1S/C44H52N8O5/c53-39-16-15-38(42(55)46-39)51-27-33-26-32(11-14-35(33)44(51)56)31-19-24-50(25-20-31)40(54)8-2-1-5-21-49-22-17-30(18-23-49)29-9-12-34(13-10-29)57-43-37-7-4-3-6-36(37)41-47-45-28-52(41)48-43/h9-14,26,28,30-31,38H,1-8,15-25,27H2,(H,46,53,55). The summed E-state index contributed by atoms with van der Waals surface area (Å²) in [5.74, 6) is 1.82. The van der Waals surface area contributed by atoms with E-state index >= 15 is 0 Å². The first kappa shape index (κ1) is 37.4. The molecule has 0 spiro atoms. The van der Waals surface area contributed by atoms with E-state index in [4.69, 9.17) is 4.74 Å². The van der Waals surface area contributed by atoms with Gasteiger partial charge >= 0.3 is 0 Å². The molecule has 4 aromatic rings. The van der Waals surface area contributed by atoms with Crippen molar-refractivity contribution in [2.24, 2.45) is 0 Å². The first-order valence-electron chi connectivity index (χ1n) is 21.1. The molecule has 1 aliphatic carbocycles. The predicted octanol–water partition coefficient (Wildman–Crippen LogP) is 5.70. The predicted molar refractivity (Wildman–Crippen MR) is 212 cm³/mol. The van der Waals surface area contributed by atoms with Gasteiger partial charge in [-0.15, -0.1) is 15.3 Å². The summed E-state index contributed by atoms with van der Waals surface area (Å²) < 4.78 is 8.08. The summed E-state index contributed by atoms with van der Waals surface area (Å²) in [6.07, 6.45) is 14.3. The monoisotopic (exact) mass is 772 g/mol. The smallest absolute Gasteiger partial charge is 0.255 e. The number of hydrogen-bond acceptors (Lipinski definition) is 9. The molecule has 57 heavy (non-hydrogen) atoms. The van der Waals surface area contributed by atoms with Crippen LogP contribution in [0.15, 0.2) is 48.8 Å². The topological polar surface area (TPSA) is 142 Å². The van der Waals surface area contributed by atoms with E-state index in [2.05, 4.69) is 55.8 Å². The molecule has 2 aromatic carbocycles. The minimum absolute atomic E-state index is 0.143. The highest BCUT2D eigenvalue weighted by Gasteiger charge is 2.39. The summed E-state index contributed by atoms with van der Waals surface area (Å²) in [4.78, 5) is 56.4. The van der Waals surface area contributed by atoms with Crippen molar-refractivity contribution in [2.45, 2.75) is 114 Å². The summed E-state index contributed by atoms with van der Waals surface area (Å²) >= 11 is 0. The highest BCUT2D eigenvalue weighted by atomic mass is 16.5. The van der Waals surface area contributed by atoms with Gasteiger partial charge in [0, 0.05) is 49.2 Å². The molecule has 4 amide bonds. The number of rotatable bonds is 11. The number of nitrogens with zero attached hydrogens (tertiary/aromatic N) is 7. The first-order valence-corrected chi connectivity index (χ1v) is 21.1. The molecule has 5 aliphatic rings. The zero-order valence-electron chi connectivity index (χ0n) is 32.7. The van der Waals surface area contributed by atoms with Gasteiger partial charge in [-0.05, 0) is 137 Å². The van der Waals surface area contributed by atoms with E-state index in [1.807, 2.05) is 17.0 Å². The van der Waals surface area contributed by atoms with Crippen LogP contribution < -0.4 is 10.1 Å². The minimum atomic E-state index is -0.603. The molecule has 9 rings (SSSR count). The van der Waals surface area contributed by atoms with E-state index in [9.17, 15) is 19.2 Å². The van der Waals surface area contributed by atoms with E-state index in [-0.39, 0.29) is 30.0 Å². The fourth-order valence-corrected chi connectivity index (χ4v) is 9.80. The van der Waals surface area contributed by atoms with Crippen LogP contribution >= 0.6 is 0 Å². The number of carbonyl (C=O) groups is 4. The lowest BCUT2D eigenvalue weighted by Gasteiger charge is -2.33. The summed E-state index contributed by atoms with van der Waals surface area (Å²) in [7, 11) is 0. The number of unbranched alkanes of at least 4 members (excludes halogenated alkanes) is 2. The molecule has 0 bridgehead atoms. The van der Waals surface area contributed by atoms with E-state index in [0.29, 0.717) is 42.7 Å². The van der Waals surface area contributed by atoms with Crippen LogP contribution in [0.2, 0.25) is 0 Å². The molecule has 2 aromatic heterocycles. The Balaban J connectivity index is 0.669. The molecule has 4 aliphatic heterocycles. The lowest BCUT2D eigenvalue weighted by Crippen LogP contribution is -2.52. The second-order valence-corrected chi connectivity index (χ2v) is 16.6. The van der Waals surface area contributed by atoms with Gasteiger partial charge in [0.2, 0.25) is 23.6 Å². The summed E-state index contributed by atoms with van der Waals surface area (Å²) in [5.41, 5.74) is 7.37. The van der Waals surface area contributed by atoms with Crippen molar-refractivity contribution < 1.29 is 23.9 Å². The average Bonchev–Trinajstić information content (AvgIpc) is 3.85. The van der Waals surface area contributed by atoms with Crippen LogP contribution in [0.4, 0.5) is 0 Å². The number of ether oxygens (including phenoxy) is 1. The van der Waals surface area contributed by atoms with Crippen LogP contribution in [0.5, 0.6) is 11.6 Å². The number of imide groups is 1. The van der Waals surface area contributed by atoms with Gasteiger partial charge < -0.3 is 19.4 Å². The molecule has 298 valence electrons. The van der Waals surface area contributed by atoms with E-state index in [1.165, 1.54) is 22.3 Å². The van der Waals surface area contributed by atoms with Crippen molar-refractivity contribution in [3.05, 3.63) is 82.2 Å². The Labute approximate surface area is 333 Å². The van der Waals surface area contributed by atoms with Crippen molar-refractivity contribution >= 4 is 29.3 Å². The maximum atomic E-state index is 13.1. The van der Waals surface area contributed by atoms with Crippen LogP contribution in [-0.2, 0) is 33.8 Å². The molecule has 1 atom stereocenters. The molecule has 3 saturated heterocycles. The summed E-state index contributed by atoms with van der Waals surface area (Å²) in [6.45, 7) is 5.19. The third-order valence-electron chi connectivity index (χ3n) is 13.1. The van der Waals surface area contributed by atoms with Crippen LogP contribution in [0, 0.1) is 0 Å².